The lowest BCUT2D eigenvalue weighted by Gasteiger charge is -2.31. The Balaban J connectivity index is 1.39. The summed E-state index contributed by atoms with van der Waals surface area (Å²) < 4.78 is 29.8. The summed E-state index contributed by atoms with van der Waals surface area (Å²) >= 11 is 12.4. The van der Waals surface area contributed by atoms with Crippen molar-refractivity contribution >= 4 is 50.6 Å². The Morgan fingerprint density at radius 2 is 1.61 bits per heavy atom. The number of carbonyl (C=O) groups excluding carboxylic acids is 1. The molecule has 1 aliphatic heterocycles. The molecule has 8 nitrogen and oxygen atoms in total. The number of nitrogens with one attached hydrogen (secondary N) is 3. The first-order valence-electron chi connectivity index (χ1n) is 14.6. The van der Waals surface area contributed by atoms with E-state index in [4.69, 9.17) is 28.3 Å². The number of rotatable bonds is 7. The standard InChI is InChI=1S/C33H37Cl2N5O3S/c1-21-5-12-26(13-6-21)40-30(20-29(39-40)33(2,3)4)38-32(41)37-25-10-7-22(8-11-25)31(23-15-17-36-18-16-23)44(42,43)28-14-9-24(34)19-27(28)35/h5-14,19-20,23,31,36H,15-18H2,1-4H3,(H2,37,38,41). The second kappa shape index (κ2) is 12.9. The van der Waals surface area contributed by atoms with Gasteiger partial charge in [-0.1, -0.05) is 73.8 Å². The number of hydrogen-bond donors (Lipinski definition) is 3. The Kier molecular flexibility index (Phi) is 9.41. The molecule has 1 aliphatic rings. The van der Waals surface area contributed by atoms with Gasteiger partial charge >= 0.3 is 6.03 Å². The van der Waals surface area contributed by atoms with Crippen molar-refractivity contribution in [1.29, 1.82) is 0 Å². The van der Waals surface area contributed by atoms with E-state index in [-0.39, 0.29) is 21.3 Å². The van der Waals surface area contributed by atoms with E-state index in [0.29, 0.717) is 34.9 Å². The van der Waals surface area contributed by atoms with Gasteiger partial charge in [-0.3, -0.25) is 5.32 Å². The van der Waals surface area contributed by atoms with E-state index >= 15 is 0 Å². The van der Waals surface area contributed by atoms with Crippen LogP contribution >= 0.6 is 23.2 Å². The molecule has 11 heteroatoms. The van der Waals surface area contributed by atoms with Crippen molar-refractivity contribution < 1.29 is 13.2 Å². The number of amides is 2. The van der Waals surface area contributed by atoms with Crippen molar-refractivity contribution in [2.45, 2.75) is 56.1 Å². The van der Waals surface area contributed by atoms with Crippen molar-refractivity contribution in [3.05, 3.63) is 99.7 Å². The van der Waals surface area contributed by atoms with E-state index in [0.717, 1.165) is 30.0 Å². The number of piperidine rings is 1. The molecule has 1 fully saturated rings. The van der Waals surface area contributed by atoms with Gasteiger partial charge in [-0.25, -0.2) is 17.9 Å². The van der Waals surface area contributed by atoms with Gasteiger partial charge in [0.1, 0.15) is 5.82 Å². The van der Waals surface area contributed by atoms with E-state index in [9.17, 15) is 13.2 Å². The molecule has 0 saturated carbocycles. The van der Waals surface area contributed by atoms with Gasteiger partial charge in [0.2, 0.25) is 0 Å². The molecule has 3 aromatic carbocycles. The monoisotopic (exact) mass is 653 g/mol. The fourth-order valence-electron chi connectivity index (χ4n) is 5.45. The summed E-state index contributed by atoms with van der Waals surface area (Å²) in [6.07, 6.45) is 1.42. The highest BCUT2D eigenvalue weighted by atomic mass is 35.5. The number of urea groups is 1. The molecule has 2 amide bonds. The van der Waals surface area contributed by atoms with Gasteiger partial charge < -0.3 is 10.6 Å². The van der Waals surface area contributed by atoms with E-state index in [2.05, 4.69) is 36.7 Å². The third-order valence-electron chi connectivity index (χ3n) is 7.84. The van der Waals surface area contributed by atoms with E-state index < -0.39 is 21.1 Å². The fourth-order valence-corrected chi connectivity index (χ4v) is 8.34. The maximum Gasteiger partial charge on any atom is 0.324 e. The topological polar surface area (TPSA) is 105 Å². The molecule has 1 saturated heterocycles. The van der Waals surface area contributed by atoms with Crippen molar-refractivity contribution in [1.82, 2.24) is 15.1 Å². The van der Waals surface area contributed by atoms with Crippen molar-refractivity contribution in [2.24, 2.45) is 5.92 Å². The van der Waals surface area contributed by atoms with Crippen LogP contribution in [-0.4, -0.2) is 37.3 Å². The van der Waals surface area contributed by atoms with Crippen LogP contribution in [0.5, 0.6) is 0 Å². The summed E-state index contributed by atoms with van der Waals surface area (Å²) in [6.45, 7) is 9.69. The maximum atomic E-state index is 14.0. The normalized spacial score (nSPS) is 15.1. The minimum Gasteiger partial charge on any atom is -0.317 e. The van der Waals surface area contributed by atoms with E-state index in [1.165, 1.54) is 12.1 Å². The number of aromatic nitrogens is 2. The van der Waals surface area contributed by atoms with Gasteiger partial charge in [-0.2, -0.15) is 5.10 Å². The number of carbonyl (C=O) groups is 1. The molecular weight excluding hydrogens is 617 g/mol. The Hall–Kier alpha value is -3.37. The second-order valence-corrected chi connectivity index (χ2v) is 15.1. The van der Waals surface area contributed by atoms with E-state index in [1.807, 2.05) is 37.3 Å². The number of anilines is 2. The van der Waals surface area contributed by atoms with Crippen LogP contribution in [0.3, 0.4) is 0 Å². The third-order valence-corrected chi connectivity index (χ3v) is 10.8. The predicted octanol–water partition coefficient (Wildman–Crippen LogP) is 7.94. The Morgan fingerprint density at radius 1 is 0.955 bits per heavy atom. The van der Waals surface area contributed by atoms with Gasteiger partial charge in [0.15, 0.2) is 9.84 Å². The number of benzene rings is 3. The largest absolute Gasteiger partial charge is 0.324 e. The first-order chi connectivity index (χ1) is 20.8. The molecule has 2 heterocycles. The number of nitrogens with zero attached hydrogens (tertiary/aromatic N) is 2. The van der Waals surface area contributed by atoms with Crippen LogP contribution in [0, 0.1) is 12.8 Å². The summed E-state index contributed by atoms with van der Waals surface area (Å²) in [5.41, 5.74) is 3.73. The van der Waals surface area contributed by atoms with E-state index in [1.54, 1.807) is 35.0 Å². The van der Waals surface area contributed by atoms with Crippen molar-refractivity contribution in [2.75, 3.05) is 23.7 Å². The first-order valence-corrected chi connectivity index (χ1v) is 16.9. The zero-order chi connectivity index (χ0) is 31.6. The van der Waals surface area contributed by atoms with Crippen LogP contribution < -0.4 is 16.0 Å². The minimum atomic E-state index is -3.85. The number of halogens is 2. The maximum absolute atomic E-state index is 14.0. The van der Waals surface area contributed by atoms with Crippen LogP contribution in [0.4, 0.5) is 16.3 Å². The number of aryl methyl sites for hydroxylation is 1. The molecule has 3 N–H and O–H groups in total. The Labute approximate surface area is 269 Å². The van der Waals surface area contributed by atoms with Crippen molar-refractivity contribution in [3.63, 3.8) is 0 Å². The lowest BCUT2D eigenvalue weighted by molar-refractivity contribution is 0.262. The predicted molar refractivity (Wildman–Crippen MR) is 178 cm³/mol. The van der Waals surface area contributed by atoms with Gasteiger partial charge in [0.05, 0.1) is 26.5 Å². The van der Waals surface area contributed by atoms with Crippen LogP contribution in [-0.2, 0) is 15.3 Å². The molecule has 0 aliphatic carbocycles. The second-order valence-electron chi connectivity index (χ2n) is 12.2. The van der Waals surface area contributed by atoms with Crippen LogP contribution in [0.15, 0.2) is 77.7 Å². The highest BCUT2D eigenvalue weighted by Gasteiger charge is 2.38. The van der Waals surface area contributed by atoms with Crippen LogP contribution in [0.1, 0.15) is 55.7 Å². The highest BCUT2D eigenvalue weighted by Crippen LogP contribution is 2.42. The van der Waals surface area contributed by atoms with Crippen molar-refractivity contribution in [3.8, 4) is 5.69 Å². The molecule has 5 rings (SSSR count). The van der Waals surface area contributed by atoms with Gasteiger partial charge in [0.25, 0.3) is 0 Å². The summed E-state index contributed by atoms with van der Waals surface area (Å²) in [6, 6.07) is 20.8. The van der Waals surface area contributed by atoms with Gasteiger partial charge in [-0.05, 0) is 86.8 Å². The van der Waals surface area contributed by atoms with Crippen LogP contribution in [0.25, 0.3) is 5.69 Å². The molecule has 44 heavy (non-hydrogen) atoms. The number of hydrogen-bond acceptors (Lipinski definition) is 5. The van der Waals surface area contributed by atoms with Gasteiger partial charge in [-0.15, -0.1) is 0 Å². The highest BCUT2D eigenvalue weighted by molar-refractivity contribution is 7.91. The average Bonchev–Trinajstić information content (AvgIpc) is 3.39. The summed E-state index contributed by atoms with van der Waals surface area (Å²) in [5.74, 6) is 0.430. The number of sulfone groups is 1. The summed E-state index contributed by atoms with van der Waals surface area (Å²) in [7, 11) is -3.85. The molecule has 1 atom stereocenters. The smallest absolute Gasteiger partial charge is 0.317 e. The molecule has 1 unspecified atom stereocenters. The fraction of sp³-hybridized carbons (Fsp3) is 0.333. The SMILES string of the molecule is Cc1ccc(-n2nc(C(C)(C)C)cc2NC(=O)Nc2ccc(C(C3CCNCC3)S(=O)(=O)c3ccc(Cl)cc3Cl)cc2)cc1. The summed E-state index contributed by atoms with van der Waals surface area (Å²) in [4.78, 5) is 13.2. The average molecular weight is 655 g/mol. The van der Waals surface area contributed by atoms with Crippen LogP contribution in [0.2, 0.25) is 10.0 Å². The lowest BCUT2D eigenvalue weighted by Crippen LogP contribution is -2.33. The minimum absolute atomic E-state index is 0.0634. The quantitative estimate of drug-likeness (QED) is 0.188. The molecule has 1 aromatic heterocycles. The molecule has 0 bridgehead atoms. The zero-order valence-corrected chi connectivity index (χ0v) is 27.5. The molecule has 0 spiro atoms. The zero-order valence-electron chi connectivity index (χ0n) is 25.2. The summed E-state index contributed by atoms with van der Waals surface area (Å²) in [5, 5.41) is 13.6. The first kappa shape index (κ1) is 32.0. The Bertz CT molecular complexity index is 1740. The van der Waals surface area contributed by atoms with Gasteiger partial charge in [0, 0.05) is 22.2 Å². The molecule has 232 valence electrons. The molecule has 0 radical (unpaired) electrons. The molecular formula is C33H37Cl2N5O3S. The lowest BCUT2D eigenvalue weighted by atomic mass is 9.90. The Morgan fingerprint density at radius 3 is 2.23 bits per heavy atom. The molecule has 4 aromatic rings. The third kappa shape index (κ3) is 7.12.